The highest BCUT2D eigenvalue weighted by Gasteiger charge is 2.30. The first kappa shape index (κ1) is 17.3. The Hall–Kier alpha value is -2.50. The summed E-state index contributed by atoms with van der Waals surface area (Å²) in [4.78, 5) is 26.6. The Kier molecular flexibility index (Phi) is 5.26. The van der Waals surface area contributed by atoms with Crippen LogP contribution < -0.4 is 0 Å². The lowest BCUT2D eigenvalue weighted by molar-refractivity contribution is -0.135. The number of hydrogen-bond acceptors (Lipinski definition) is 4. The van der Waals surface area contributed by atoms with Crippen LogP contribution in [-0.4, -0.2) is 28.3 Å². The van der Waals surface area contributed by atoms with Crippen molar-refractivity contribution in [3.63, 3.8) is 0 Å². The van der Waals surface area contributed by atoms with Crippen LogP contribution in [0.5, 0.6) is 0 Å². The van der Waals surface area contributed by atoms with Crippen LogP contribution in [0.25, 0.3) is 0 Å². The van der Waals surface area contributed by atoms with Gasteiger partial charge >= 0.3 is 0 Å². The van der Waals surface area contributed by atoms with Crippen LogP contribution in [0.15, 0.2) is 34.9 Å². The van der Waals surface area contributed by atoms with Gasteiger partial charge in [-0.05, 0) is 50.5 Å². The Labute approximate surface area is 145 Å². The van der Waals surface area contributed by atoms with Crippen molar-refractivity contribution >= 4 is 11.7 Å². The minimum atomic E-state index is -0.383. The van der Waals surface area contributed by atoms with Crippen molar-refractivity contribution in [1.29, 1.82) is 0 Å². The number of halogens is 1. The molecule has 1 amide bonds. The fourth-order valence-electron chi connectivity index (χ4n) is 3.22. The van der Waals surface area contributed by atoms with Gasteiger partial charge in [-0.15, -0.1) is 0 Å². The first-order chi connectivity index (χ1) is 12.0. The maximum atomic E-state index is 12.9. The lowest BCUT2D eigenvalue weighted by Crippen LogP contribution is -2.38. The molecule has 1 aromatic carbocycles. The third kappa shape index (κ3) is 4.13. The van der Waals surface area contributed by atoms with Crippen molar-refractivity contribution in [3.8, 4) is 0 Å². The molecular formula is C19H21FN2O3. The Balaban J connectivity index is 1.62. The summed E-state index contributed by atoms with van der Waals surface area (Å²) in [6.45, 7) is 2.49. The molecule has 1 saturated heterocycles. The minimum absolute atomic E-state index is 0.0548. The molecule has 0 radical (unpaired) electrons. The van der Waals surface area contributed by atoms with E-state index >= 15 is 0 Å². The Morgan fingerprint density at radius 3 is 2.68 bits per heavy atom. The van der Waals surface area contributed by atoms with Crippen LogP contribution in [0.1, 0.15) is 60.0 Å². The van der Waals surface area contributed by atoms with Crippen LogP contribution in [-0.2, 0) is 4.79 Å². The smallest absolute Gasteiger partial charge is 0.223 e. The zero-order valence-corrected chi connectivity index (χ0v) is 14.2. The second-order valence-electron chi connectivity index (χ2n) is 6.39. The van der Waals surface area contributed by atoms with Crippen LogP contribution >= 0.6 is 0 Å². The number of nitrogens with zero attached hydrogens (tertiary/aromatic N) is 2. The van der Waals surface area contributed by atoms with Crippen molar-refractivity contribution < 1.29 is 18.5 Å². The van der Waals surface area contributed by atoms with Gasteiger partial charge in [-0.1, -0.05) is 5.16 Å². The number of benzene rings is 1. The summed E-state index contributed by atoms with van der Waals surface area (Å²) in [5.41, 5.74) is 1.20. The highest BCUT2D eigenvalue weighted by atomic mass is 19.1. The van der Waals surface area contributed by atoms with E-state index in [1.54, 1.807) is 4.90 Å². The summed E-state index contributed by atoms with van der Waals surface area (Å²) < 4.78 is 18.1. The molecule has 1 fully saturated rings. The van der Waals surface area contributed by atoms with Gasteiger partial charge in [-0.2, -0.15) is 0 Å². The van der Waals surface area contributed by atoms with E-state index in [9.17, 15) is 14.0 Å². The highest BCUT2D eigenvalue weighted by molar-refractivity contribution is 5.97. The molecule has 1 atom stereocenters. The van der Waals surface area contributed by atoms with E-state index in [0.29, 0.717) is 12.1 Å². The Bertz CT molecular complexity index is 754. The summed E-state index contributed by atoms with van der Waals surface area (Å²) in [5, 5.41) is 4.05. The summed E-state index contributed by atoms with van der Waals surface area (Å²) in [6.07, 6.45) is 3.10. The van der Waals surface area contributed by atoms with E-state index in [2.05, 4.69) is 5.16 Å². The number of rotatable bonds is 5. The van der Waals surface area contributed by atoms with Crippen molar-refractivity contribution in [2.24, 2.45) is 0 Å². The molecule has 0 spiro atoms. The molecule has 25 heavy (non-hydrogen) atoms. The van der Waals surface area contributed by atoms with E-state index in [-0.39, 0.29) is 36.4 Å². The molecule has 1 aliphatic rings. The van der Waals surface area contributed by atoms with Gasteiger partial charge in [0.1, 0.15) is 17.3 Å². The molecule has 1 aromatic heterocycles. The molecule has 132 valence electrons. The van der Waals surface area contributed by atoms with E-state index in [4.69, 9.17) is 4.52 Å². The highest BCUT2D eigenvalue weighted by Crippen LogP contribution is 2.31. The Morgan fingerprint density at radius 1 is 1.24 bits per heavy atom. The van der Waals surface area contributed by atoms with Crippen molar-refractivity contribution in [1.82, 2.24) is 10.1 Å². The van der Waals surface area contributed by atoms with E-state index in [1.807, 2.05) is 13.0 Å². The molecule has 0 saturated carbocycles. The van der Waals surface area contributed by atoms with Crippen LogP contribution in [0.2, 0.25) is 0 Å². The van der Waals surface area contributed by atoms with Gasteiger partial charge in [0.25, 0.3) is 0 Å². The molecule has 5 nitrogen and oxygen atoms in total. The lowest BCUT2D eigenvalue weighted by Gasteiger charge is -2.34. The number of hydrogen-bond donors (Lipinski definition) is 0. The van der Waals surface area contributed by atoms with Crippen molar-refractivity contribution in [2.75, 3.05) is 6.54 Å². The van der Waals surface area contributed by atoms with Crippen LogP contribution in [0.4, 0.5) is 4.39 Å². The Morgan fingerprint density at radius 2 is 2.00 bits per heavy atom. The number of carbonyl (C=O) groups is 2. The van der Waals surface area contributed by atoms with E-state index < -0.39 is 0 Å². The monoisotopic (exact) mass is 344 g/mol. The topological polar surface area (TPSA) is 63.4 Å². The molecule has 2 aromatic rings. The molecule has 3 rings (SSSR count). The number of amides is 1. The fraction of sp³-hybridized carbons (Fsp3) is 0.421. The average Bonchev–Trinajstić information content (AvgIpc) is 3.06. The number of likely N-dealkylation sites (tertiary alicyclic amines) is 1. The number of ketones is 1. The lowest BCUT2D eigenvalue weighted by atomic mass is 9.98. The maximum Gasteiger partial charge on any atom is 0.223 e. The molecule has 0 unspecified atom stereocenters. The summed E-state index contributed by atoms with van der Waals surface area (Å²) in [5.74, 6) is 0.131. The first-order valence-corrected chi connectivity index (χ1v) is 8.56. The molecule has 6 heteroatoms. The third-order valence-corrected chi connectivity index (χ3v) is 4.54. The normalized spacial score (nSPS) is 17.5. The SMILES string of the molecule is Cc1cc([C@@H]2CCCCN2C(=O)CCC(=O)c2ccc(F)cc2)no1. The van der Waals surface area contributed by atoms with Gasteiger partial charge in [-0.3, -0.25) is 9.59 Å². The maximum absolute atomic E-state index is 12.9. The van der Waals surface area contributed by atoms with Gasteiger partial charge in [0.15, 0.2) is 5.78 Å². The summed E-state index contributed by atoms with van der Waals surface area (Å²) in [6, 6.07) is 7.18. The molecule has 1 aliphatic heterocycles. The minimum Gasteiger partial charge on any atom is -0.361 e. The number of aromatic nitrogens is 1. The van der Waals surface area contributed by atoms with Gasteiger partial charge in [-0.25, -0.2) is 4.39 Å². The molecule has 0 N–H and O–H groups in total. The zero-order valence-electron chi connectivity index (χ0n) is 14.2. The fourth-order valence-corrected chi connectivity index (χ4v) is 3.22. The molecule has 2 heterocycles. The number of carbonyl (C=O) groups excluding carboxylic acids is 2. The second-order valence-corrected chi connectivity index (χ2v) is 6.39. The zero-order chi connectivity index (χ0) is 17.8. The molecular weight excluding hydrogens is 323 g/mol. The largest absolute Gasteiger partial charge is 0.361 e. The number of piperidine rings is 1. The van der Waals surface area contributed by atoms with Crippen molar-refractivity contribution in [2.45, 2.75) is 45.1 Å². The third-order valence-electron chi connectivity index (χ3n) is 4.54. The predicted molar refractivity (Wildman–Crippen MR) is 89.5 cm³/mol. The quantitative estimate of drug-likeness (QED) is 0.773. The summed E-state index contributed by atoms with van der Waals surface area (Å²) in [7, 11) is 0. The standard InChI is InChI=1S/C19H21FN2O3/c1-13-12-16(21-25-13)17-4-2-3-11-22(17)19(24)10-9-18(23)14-5-7-15(20)8-6-14/h5-8,12,17H,2-4,9-11H2,1H3/t17-/m0/s1. The number of Topliss-reactive ketones (excluding diaryl/α,β-unsaturated/α-hetero) is 1. The van der Waals surface area contributed by atoms with Gasteiger partial charge in [0.2, 0.25) is 5.91 Å². The van der Waals surface area contributed by atoms with Crippen molar-refractivity contribution in [3.05, 3.63) is 53.2 Å². The van der Waals surface area contributed by atoms with E-state index in [0.717, 1.165) is 30.7 Å². The van der Waals surface area contributed by atoms with Gasteiger partial charge < -0.3 is 9.42 Å². The molecule has 0 bridgehead atoms. The van der Waals surface area contributed by atoms with Crippen LogP contribution in [0.3, 0.4) is 0 Å². The van der Waals surface area contributed by atoms with Gasteiger partial charge in [0, 0.05) is 31.0 Å². The second kappa shape index (κ2) is 7.59. The predicted octanol–water partition coefficient (Wildman–Crippen LogP) is 3.84. The first-order valence-electron chi connectivity index (χ1n) is 8.56. The molecule has 0 aliphatic carbocycles. The number of aryl methyl sites for hydroxylation is 1. The van der Waals surface area contributed by atoms with Gasteiger partial charge in [0.05, 0.1) is 6.04 Å². The van der Waals surface area contributed by atoms with E-state index in [1.165, 1.54) is 24.3 Å². The average molecular weight is 344 g/mol. The summed E-state index contributed by atoms with van der Waals surface area (Å²) >= 11 is 0. The van der Waals surface area contributed by atoms with Crippen LogP contribution in [0, 0.1) is 12.7 Å².